The van der Waals surface area contributed by atoms with Gasteiger partial charge in [-0.2, -0.15) is 0 Å². The van der Waals surface area contributed by atoms with E-state index in [9.17, 15) is 9.59 Å². The van der Waals surface area contributed by atoms with Gasteiger partial charge in [0.25, 0.3) is 5.56 Å². The Morgan fingerprint density at radius 3 is 2.78 bits per heavy atom. The third-order valence-corrected chi connectivity index (χ3v) is 3.89. The van der Waals surface area contributed by atoms with Gasteiger partial charge in [0.15, 0.2) is 5.82 Å². The molecule has 1 amide bonds. The second kappa shape index (κ2) is 6.60. The van der Waals surface area contributed by atoms with Gasteiger partial charge in [0, 0.05) is 37.8 Å². The fourth-order valence-electron chi connectivity index (χ4n) is 2.60. The zero-order valence-corrected chi connectivity index (χ0v) is 13.0. The molecular formula is C16H19N5O2. The van der Waals surface area contributed by atoms with Crippen LogP contribution in [-0.4, -0.2) is 27.0 Å². The third-order valence-electron chi connectivity index (χ3n) is 3.89. The van der Waals surface area contributed by atoms with E-state index in [0.717, 1.165) is 6.42 Å². The van der Waals surface area contributed by atoms with Gasteiger partial charge in [-0.25, -0.2) is 9.97 Å². The number of anilines is 2. The van der Waals surface area contributed by atoms with E-state index in [-0.39, 0.29) is 11.5 Å². The molecule has 0 bridgehead atoms. The van der Waals surface area contributed by atoms with E-state index in [1.165, 1.54) is 0 Å². The van der Waals surface area contributed by atoms with Gasteiger partial charge in [0.2, 0.25) is 5.91 Å². The van der Waals surface area contributed by atoms with Gasteiger partial charge in [-0.05, 0) is 19.4 Å². The summed E-state index contributed by atoms with van der Waals surface area (Å²) in [5.41, 5.74) is 0.671. The molecule has 7 nitrogen and oxygen atoms in total. The number of carbonyl (C=O) groups excluding carboxylic acids is 1. The van der Waals surface area contributed by atoms with Gasteiger partial charge < -0.3 is 9.88 Å². The third kappa shape index (κ3) is 3.23. The van der Waals surface area contributed by atoms with Crippen LogP contribution in [0.3, 0.4) is 0 Å². The quantitative estimate of drug-likeness (QED) is 0.902. The summed E-state index contributed by atoms with van der Waals surface area (Å²) in [5.74, 6) is 1.24. The van der Waals surface area contributed by atoms with Crippen molar-refractivity contribution in [3.8, 4) is 0 Å². The topological polar surface area (TPSA) is 80.1 Å². The van der Waals surface area contributed by atoms with Crippen LogP contribution in [0, 0.1) is 0 Å². The molecule has 1 aliphatic heterocycles. The van der Waals surface area contributed by atoms with E-state index in [1.54, 1.807) is 34.1 Å². The fourth-order valence-corrected chi connectivity index (χ4v) is 2.60. The molecule has 7 heteroatoms. The van der Waals surface area contributed by atoms with E-state index in [2.05, 4.69) is 15.3 Å². The maximum absolute atomic E-state index is 12.1. The van der Waals surface area contributed by atoms with Crippen LogP contribution in [-0.2, 0) is 17.9 Å². The van der Waals surface area contributed by atoms with Gasteiger partial charge in [0.05, 0.1) is 12.4 Å². The van der Waals surface area contributed by atoms with Crippen LogP contribution in [0.25, 0.3) is 0 Å². The number of nitrogens with zero attached hydrogens (tertiary/aromatic N) is 4. The molecule has 1 aliphatic rings. The molecule has 3 rings (SSSR count). The molecule has 1 N–H and O–H groups in total. The van der Waals surface area contributed by atoms with Gasteiger partial charge >= 0.3 is 0 Å². The Bertz CT molecular complexity index is 754. The van der Waals surface area contributed by atoms with E-state index >= 15 is 0 Å². The Morgan fingerprint density at radius 1 is 1.26 bits per heavy atom. The minimum Gasteiger partial charge on any atom is -0.365 e. The predicted molar refractivity (Wildman–Crippen MR) is 87.3 cm³/mol. The number of aryl methyl sites for hydroxylation is 1. The molecule has 2 aromatic heterocycles. The molecule has 0 saturated carbocycles. The van der Waals surface area contributed by atoms with Crippen LogP contribution in [0.1, 0.15) is 25.3 Å². The van der Waals surface area contributed by atoms with Crippen LogP contribution in [0.5, 0.6) is 0 Å². The van der Waals surface area contributed by atoms with Crippen molar-refractivity contribution in [3.05, 3.63) is 46.6 Å². The molecule has 1 fully saturated rings. The number of pyridine rings is 1. The Hall–Kier alpha value is -2.70. The maximum Gasteiger partial charge on any atom is 0.255 e. The molecule has 0 unspecified atom stereocenters. The Kier molecular flexibility index (Phi) is 4.36. The first kappa shape index (κ1) is 15.2. The number of rotatable bonds is 5. The zero-order chi connectivity index (χ0) is 16.2. The van der Waals surface area contributed by atoms with Crippen molar-refractivity contribution in [1.29, 1.82) is 0 Å². The smallest absolute Gasteiger partial charge is 0.255 e. The summed E-state index contributed by atoms with van der Waals surface area (Å²) in [5, 5.41) is 3.09. The van der Waals surface area contributed by atoms with Gasteiger partial charge in [-0.1, -0.05) is 6.07 Å². The highest BCUT2D eigenvalue weighted by Crippen LogP contribution is 2.18. The molecule has 0 radical (unpaired) electrons. The lowest BCUT2D eigenvalue weighted by atomic mass is 10.2. The predicted octanol–water partition coefficient (Wildman–Crippen LogP) is 1.40. The van der Waals surface area contributed by atoms with Gasteiger partial charge in [-0.3, -0.25) is 14.5 Å². The van der Waals surface area contributed by atoms with Crippen molar-refractivity contribution in [2.75, 3.05) is 16.8 Å². The maximum atomic E-state index is 12.1. The normalized spacial score (nSPS) is 14.3. The van der Waals surface area contributed by atoms with Crippen molar-refractivity contribution < 1.29 is 4.79 Å². The summed E-state index contributed by atoms with van der Waals surface area (Å²) >= 11 is 0. The number of aromatic nitrogens is 3. The monoisotopic (exact) mass is 313 g/mol. The molecular weight excluding hydrogens is 294 g/mol. The summed E-state index contributed by atoms with van der Waals surface area (Å²) in [4.78, 5) is 34.0. The van der Waals surface area contributed by atoms with Crippen molar-refractivity contribution in [2.45, 2.75) is 32.9 Å². The number of nitrogens with one attached hydrogen (secondary N) is 1. The number of amides is 1. The average Bonchev–Trinajstić information content (AvgIpc) is 3.00. The lowest BCUT2D eigenvalue weighted by Gasteiger charge is -2.14. The molecule has 0 aliphatic carbocycles. The molecule has 120 valence electrons. The molecule has 2 aromatic rings. The molecule has 0 atom stereocenters. The largest absolute Gasteiger partial charge is 0.365 e. The number of hydrogen-bond acceptors (Lipinski definition) is 5. The van der Waals surface area contributed by atoms with Gasteiger partial charge in [-0.15, -0.1) is 0 Å². The molecule has 3 heterocycles. The summed E-state index contributed by atoms with van der Waals surface area (Å²) in [7, 11) is 0. The average molecular weight is 313 g/mol. The first-order valence-electron chi connectivity index (χ1n) is 7.73. The summed E-state index contributed by atoms with van der Waals surface area (Å²) in [6.45, 7) is 3.66. The van der Waals surface area contributed by atoms with E-state index in [4.69, 9.17) is 0 Å². The Morgan fingerprint density at radius 2 is 2.13 bits per heavy atom. The zero-order valence-electron chi connectivity index (χ0n) is 13.0. The van der Waals surface area contributed by atoms with Crippen molar-refractivity contribution in [2.24, 2.45) is 0 Å². The van der Waals surface area contributed by atoms with E-state index in [0.29, 0.717) is 43.3 Å². The van der Waals surface area contributed by atoms with Crippen LogP contribution in [0.2, 0.25) is 0 Å². The van der Waals surface area contributed by atoms with E-state index < -0.39 is 0 Å². The van der Waals surface area contributed by atoms with Crippen LogP contribution >= 0.6 is 0 Å². The number of carbonyl (C=O) groups is 1. The highest BCUT2D eigenvalue weighted by molar-refractivity contribution is 5.94. The summed E-state index contributed by atoms with van der Waals surface area (Å²) in [6, 6.07) is 3.65. The lowest BCUT2D eigenvalue weighted by Crippen LogP contribution is -2.25. The molecule has 0 aromatic carbocycles. The molecule has 0 spiro atoms. The van der Waals surface area contributed by atoms with Crippen LogP contribution < -0.4 is 15.8 Å². The standard InChI is InChI=1S/C16H19N5O2/c1-2-20-7-3-5-12(16(20)23)9-17-13-10-19-14(11-18-13)21-8-4-6-15(21)22/h3,5,7,10-11H,2,4,6,8-9H2,1H3,(H,17,18). The minimum atomic E-state index is -0.00487. The Labute approximate surface area is 134 Å². The lowest BCUT2D eigenvalue weighted by molar-refractivity contribution is -0.117. The van der Waals surface area contributed by atoms with Crippen LogP contribution in [0.15, 0.2) is 35.5 Å². The minimum absolute atomic E-state index is 0.00487. The molecule has 23 heavy (non-hydrogen) atoms. The van der Waals surface area contributed by atoms with E-state index in [1.807, 2.05) is 13.0 Å². The highest BCUT2D eigenvalue weighted by atomic mass is 16.2. The van der Waals surface area contributed by atoms with Crippen molar-refractivity contribution >= 4 is 17.5 Å². The van der Waals surface area contributed by atoms with Crippen molar-refractivity contribution in [3.63, 3.8) is 0 Å². The second-order valence-electron chi connectivity index (χ2n) is 5.39. The highest BCUT2D eigenvalue weighted by Gasteiger charge is 2.22. The summed E-state index contributed by atoms with van der Waals surface area (Å²) in [6.07, 6.45) is 6.37. The fraction of sp³-hybridized carbons (Fsp3) is 0.375. The Balaban J connectivity index is 1.67. The first-order valence-corrected chi connectivity index (χ1v) is 7.73. The molecule has 1 saturated heterocycles. The van der Waals surface area contributed by atoms with Crippen molar-refractivity contribution in [1.82, 2.24) is 14.5 Å². The SMILES string of the molecule is CCn1cccc(CNc2cnc(N3CCCC3=O)cn2)c1=O. The first-order chi connectivity index (χ1) is 11.2. The second-order valence-corrected chi connectivity index (χ2v) is 5.39. The summed E-state index contributed by atoms with van der Waals surface area (Å²) < 4.78 is 1.66. The number of hydrogen-bond donors (Lipinski definition) is 1. The van der Waals surface area contributed by atoms with Crippen LogP contribution in [0.4, 0.5) is 11.6 Å². The van der Waals surface area contributed by atoms with Gasteiger partial charge in [0.1, 0.15) is 5.82 Å².